The van der Waals surface area contributed by atoms with Crippen LogP contribution in [0.1, 0.15) is 19.3 Å². The minimum atomic E-state index is -1.63. The summed E-state index contributed by atoms with van der Waals surface area (Å²) in [6, 6.07) is 0. The zero-order valence-electron chi connectivity index (χ0n) is 11.2. The van der Waals surface area contributed by atoms with Gasteiger partial charge in [0.05, 0.1) is 0 Å². The molecule has 0 heterocycles. The molecule has 23 heavy (non-hydrogen) atoms. The standard InChI is InChI=1S/3C3H4O4.2Pr/c3*4-2(5)1-3(6)7;;/h3*1H2,(H,4,5)(H,6,7);;/q;;;2*+3/p-6. The molecule has 0 spiro atoms. The van der Waals surface area contributed by atoms with Gasteiger partial charge in [-0.25, -0.2) is 0 Å². The van der Waals surface area contributed by atoms with Crippen LogP contribution in [-0.4, -0.2) is 35.8 Å². The normalized spacial score (nSPS) is 7.30. The topological polar surface area (TPSA) is 241 Å². The molecule has 0 aromatic rings. The molecule has 0 aliphatic carbocycles. The van der Waals surface area contributed by atoms with Gasteiger partial charge in [-0.2, -0.15) is 0 Å². The summed E-state index contributed by atoms with van der Waals surface area (Å²) in [6.45, 7) is 0. The van der Waals surface area contributed by atoms with Crippen LogP contribution < -0.4 is 30.6 Å². The van der Waals surface area contributed by atoms with Gasteiger partial charge in [-0.15, -0.1) is 0 Å². The molecular weight excluding hydrogens is 582 g/mol. The van der Waals surface area contributed by atoms with Crippen LogP contribution in [0.4, 0.5) is 0 Å². The van der Waals surface area contributed by atoms with Crippen molar-refractivity contribution < 1.29 is 142 Å². The molecule has 0 fully saturated rings. The minimum Gasteiger partial charge on any atom is -0.550 e. The number of aliphatic carboxylic acids is 6. The first-order valence-corrected chi connectivity index (χ1v) is 4.57. The van der Waals surface area contributed by atoms with E-state index in [1.165, 1.54) is 0 Å². The molecule has 0 radical (unpaired) electrons. The van der Waals surface area contributed by atoms with E-state index in [1.807, 2.05) is 0 Å². The predicted octanol–water partition coefficient (Wildman–Crippen LogP) is -9.37. The number of carbonyl (C=O) groups excluding carboxylic acids is 6. The molecule has 0 rings (SSSR count). The third-order valence-electron chi connectivity index (χ3n) is 0.866. The second-order valence-corrected chi connectivity index (χ2v) is 2.76. The molecule has 120 valence electrons. The van der Waals surface area contributed by atoms with Gasteiger partial charge in [-0.1, -0.05) is 0 Å². The van der Waals surface area contributed by atoms with Crippen molar-refractivity contribution >= 4 is 35.8 Å². The van der Waals surface area contributed by atoms with E-state index in [4.69, 9.17) is 0 Å². The second kappa shape index (κ2) is 21.5. The summed E-state index contributed by atoms with van der Waals surface area (Å²) in [6.07, 6.45) is -3.08. The van der Waals surface area contributed by atoms with Crippen molar-refractivity contribution in [3.63, 3.8) is 0 Å². The molecule has 0 aromatic carbocycles. The molecule has 0 N–H and O–H groups in total. The Hall–Kier alpha value is -0.453. The Kier molecular flexibility index (Phi) is 31.9. The Morgan fingerprint density at radius 1 is 0.391 bits per heavy atom. The Morgan fingerprint density at radius 2 is 0.478 bits per heavy atom. The Bertz CT molecular complexity index is 321. The van der Waals surface area contributed by atoms with Crippen LogP contribution in [0.25, 0.3) is 0 Å². The Labute approximate surface area is 194 Å². The van der Waals surface area contributed by atoms with E-state index in [1.54, 1.807) is 0 Å². The molecule has 0 unspecified atom stereocenters. The van der Waals surface area contributed by atoms with Crippen LogP contribution in [0.2, 0.25) is 0 Å². The third kappa shape index (κ3) is 61.7. The van der Waals surface area contributed by atoms with Gasteiger partial charge in [0.15, 0.2) is 0 Å². The molecule has 0 saturated carbocycles. The number of hydrogen-bond donors (Lipinski definition) is 0. The van der Waals surface area contributed by atoms with Crippen LogP contribution in [0.5, 0.6) is 0 Å². The maximum atomic E-state index is 9.28. The monoisotopic (exact) mass is 588 g/mol. The van der Waals surface area contributed by atoms with E-state index in [-0.39, 0.29) is 82.6 Å². The molecule has 0 saturated heterocycles. The molecule has 0 amide bonds. The van der Waals surface area contributed by atoms with E-state index in [9.17, 15) is 59.4 Å². The van der Waals surface area contributed by atoms with Crippen molar-refractivity contribution in [1.29, 1.82) is 0 Å². The van der Waals surface area contributed by atoms with Crippen molar-refractivity contribution in [2.45, 2.75) is 19.3 Å². The van der Waals surface area contributed by atoms with Gasteiger partial charge in [0.2, 0.25) is 0 Å². The van der Waals surface area contributed by atoms with Gasteiger partial charge in [-0.3, -0.25) is 0 Å². The maximum absolute atomic E-state index is 9.28. The number of hydrogen-bond acceptors (Lipinski definition) is 12. The summed E-state index contributed by atoms with van der Waals surface area (Å²) in [5.41, 5.74) is 0. The van der Waals surface area contributed by atoms with E-state index in [2.05, 4.69) is 0 Å². The molecule has 0 bridgehead atoms. The summed E-state index contributed by atoms with van der Waals surface area (Å²) < 4.78 is 0. The molecule has 0 aromatic heterocycles. The second-order valence-electron chi connectivity index (χ2n) is 2.76. The summed E-state index contributed by atoms with van der Waals surface area (Å²) in [5.74, 6) is -9.75. The van der Waals surface area contributed by atoms with Gasteiger partial charge >= 0.3 is 82.6 Å². The van der Waals surface area contributed by atoms with E-state index < -0.39 is 55.1 Å². The maximum Gasteiger partial charge on any atom is 3.00 e. The van der Waals surface area contributed by atoms with Crippen LogP contribution in [-0.2, 0) is 28.8 Å². The fourth-order valence-corrected chi connectivity index (χ4v) is 0.354. The molecular formula is C9H6O12Pr2. The first-order valence-electron chi connectivity index (χ1n) is 4.57. The summed E-state index contributed by atoms with van der Waals surface area (Å²) in [4.78, 5) is 55.7. The van der Waals surface area contributed by atoms with Crippen molar-refractivity contribution in [2.24, 2.45) is 0 Å². The third-order valence-corrected chi connectivity index (χ3v) is 0.866. The zero-order valence-corrected chi connectivity index (χ0v) is 18.6. The predicted molar refractivity (Wildman–Crippen MR) is 43.9 cm³/mol. The minimum absolute atomic E-state index is 0. The van der Waals surface area contributed by atoms with Crippen LogP contribution in [0.15, 0.2) is 0 Å². The first kappa shape index (κ1) is 34.0. The van der Waals surface area contributed by atoms with E-state index in [0.717, 1.165) is 0 Å². The van der Waals surface area contributed by atoms with Crippen molar-refractivity contribution in [1.82, 2.24) is 0 Å². The fraction of sp³-hybridized carbons (Fsp3) is 0.333. The molecule has 0 aliphatic heterocycles. The van der Waals surface area contributed by atoms with Crippen LogP contribution in [0, 0.1) is 82.6 Å². The number of carboxylic acids is 6. The van der Waals surface area contributed by atoms with Gasteiger partial charge in [0.1, 0.15) is 0 Å². The van der Waals surface area contributed by atoms with Crippen molar-refractivity contribution in [3.05, 3.63) is 0 Å². The Morgan fingerprint density at radius 3 is 0.478 bits per heavy atom. The number of carbonyl (C=O) groups is 6. The van der Waals surface area contributed by atoms with Crippen LogP contribution >= 0.6 is 0 Å². The number of rotatable bonds is 6. The molecule has 0 atom stereocenters. The zero-order chi connectivity index (χ0) is 17.6. The largest absolute Gasteiger partial charge is 3.00 e. The van der Waals surface area contributed by atoms with Gasteiger partial charge in [0.25, 0.3) is 0 Å². The summed E-state index contributed by atoms with van der Waals surface area (Å²) in [7, 11) is 0. The fourth-order valence-electron chi connectivity index (χ4n) is 0.354. The SMILES string of the molecule is O=C([O-])CC(=O)[O-].O=C([O-])CC(=O)[O-].O=C([O-])CC(=O)[O-].[Pr+3].[Pr+3]. The van der Waals surface area contributed by atoms with Crippen molar-refractivity contribution in [3.8, 4) is 0 Å². The quantitative estimate of drug-likeness (QED) is 0.263. The van der Waals surface area contributed by atoms with Crippen molar-refractivity contribution in [2.75, 3.05) is 0 Å². The summed E-state index contributed by atoms with van der Waals surface area (Å²) in [5, 5.41) is 55.7. The number of carboxylic acid groups (broad SMARTS) is 6. The summed E-state index contributed by atoms with van der Waals surface area (Å²) >= 11 is 0. The smallest absolute Gasteiger partial charge is 0.550 e. The Balaban J connectivity index is -0.0000000675. The van der Waals surface area contributed by atoms with Crippen LogP contribution in [0.3, 0.4) is 0 Å². The first-order chi connectivity index (χ1) is 9.38. The van der Waals surface area contributed by atoms with Gasteiger partial charge in [-0.05, 0) is 0 Å². The van der Waals surface area contributed by atoms with Gasteiger partial charge < -0.3 is 59.4 Å². The molecule has 0 aliphatic rings. The average molecular weight is 588 g/mol. The van der Waals surface area contributed by atoms with E-state index >= 15 is 0 Å². The average Bonchev–Trinajstić information content (AvgIpc) is 2.10. The molecule has 14 heteroatoms. The molecule has 12 nitrogen and oxygen atoms in total. The van der Waals surface area contributed by atoms with E-state index in [0.29, 0.717) is 0 Å². The van der Waals surface area contributed by atoms with Gasteiger partial charge in [0, 0.05) is 55.1 Å².